The van der Waals surface area contributed by atoms with Gasteiger partial charge in [0.2, 0.25) is 0 Å². The highest BCUT2D eigenvalue weighted by molar-refractivity contribution is 9.10. The van der Waals surface area contributed by atoms with Crippen LogP contribution in [-0.4, -0.2) is 34.3 Å². The van der Waals surface area contributed by atoms with Crippen LogP contribution in [0.4, 0.5) is 11.6 Å². The van der Waals surface area contributed by atoms with Crippen LogP contribution in [-0.2, 0) is 0 Å². The predicted molar refractivity (Wildman–Crippen MR) is 68.7 cm³/mol. The van der Waals surface area contributed by atoms with E-state index in [0.29, 0.717) is 11.6 Å². The molecule has 3 N–H and O–H groups in total. The number of nitrogens with zero attached hydrogens (tertiary/aromatic N) is 2. The maximum Gasteiger partial charge on any atom is 0.146 e. The van der Waals surface area contributed by atoms with E-state index in [1.807, 2.05) is 13.8 Å². The molecule has 16 heavy (non-hydrogen) atoms. The summed E-state index contributed by atoms with van der Waals surface area (Å²) in [6, 6.07) is 0. The van der Waals surface area contributed by atoms with Crippen LogP contribution in [0, 0.1) is 0 Å². The lowest BCUT2D eigenvalue weighted by Crippen LogP contribution is -2.38. The molecule has 0 saturated heterocycles. The summed E-state index contributed by atoms with van der Waals surface area (Å²) in [5, 5.41) is 15.5. The van der Waals surface area contributed by atoms with E-state index in [-0.39, 0.29) is 12.1 Å². The number of aromatic nitrogens is 2. The number of hydrogen-bond donors (Lipinski definition) is 3. The first-order chi connectivity index (χ1) is 7.56. The van der Waals surface area contributed by atoms with E-state index in [9.17, 15) is 5.11 Å². The van der Waals surface area contributed by atoms with Crippen molar-refractivity contribution in [1.82, 2.24) is 9.97 Å². The van der Waals surface area contributed by atoms with Gasteiger partial charge in [-0.3, -0.25) is 0 Å². The maximum absolute atomic E-state index is 9.33. The van der Waals surface area contributed by atoms with E-state index in [4.69, 9.17) is 0 Å². The Morgan fingerprint density at radius 1 is 1.44 bits per heavy atom. The molecule has 0 radical (unpaired) electrons. The van der Waals surface area contributed by atoms with Crippen molar-refractivity contribution >= 4 is 27.6 Å². The van der Waals surface area contributed by atoms with Crippen LogP contribution in [0.25, 0.3) is 0 Å². The van der Waals surface area contributed by atoms with Crippen LogP contribution >= 0.6 is 15.9 Å². The van der Waals surface area contributed by atoms with Crippen molar-refractivity contribution < 1.29 is 5.11 Å². The smallest absolute Gasteiger partial charge is 0.146 e. The number of nitrogens with one attached hydrogen (secondary N) is 2. The van der Waals surface area contributed by atoms with Gasteiger partial charge in [0.25, 0.3) is 0 Å². The van der Waals surface area contributed by atoms with Crippen LogP contribution in [0.5, 0.6) is 0 Å². The second-order valence-corrected chi connectivity index (χ2v) is 4.63. The van der Waals surface area contributed by atoms with Crippen molar-refractivity contribution in [1.29, 1.82) is 0 Å². The first-order valence-corrected chi connectivity index (χ1v) is 5.93. The molecule has 0 bridgehead atoms. The van der Waals surface area contributed by atoms with Crippen molar-refractivity contribution in [3.8, 4) is 0 Å². The first kappa shape index (κ1) is 13.2. The summed E-state index contributed by atoms with van der Waals surface area (Å²) in [5.74, 6) is 1.40. The molecule has 6 heteroatoms. The Hall–Kier alpha value is -0.880. The summed E-state index contributed by atoms with van der Waals surface area (Å²) < 4.78 is 0.769. The molecule has 0 fully saturated rings. The topological polar surface area (TPSA) is 70.1 Å². The average Bonchev–Trinajstić information content (AvgIpc) is 2.32. The minimum Gasteiger partial charge on any atom is -0.394 e. The lowest BCUT2D eigenvalue weighted by Gasteiger charge is -2.28. The molecule has 1 unspecified atom stereocenters. The molecule has 0 aliphatic heterocycles. The van der Waals surface area contributed by atoms with Gasteiger partial charge in [0.1, 0.15) is 22.4 Å². The van der Waals surface area contributed by atoms with E-state index >= 15 is 0 Å². The summed E-state index contributed by atoms with van der Waals surface area (Å²) in [6.45, 7) is 4.01. The van der Waals surface area contributed by atoms with Crippen molar-refractivity contribution in [2.45, 2.75) is 25.8 Å². The van der Waals surface area contributed by atoms with Gasteiger partial charge >= 0.3 is 0 Å². The third-order valence-corrected chi connectivity index (χ3v) is 3.33. The third-order valence-electron chi connectivity index (χ3n) is 2.58. The second-order valence-electron chi connectivity index (χ2n) is 3.83. The summed E-state index contributed by atoms with van der Waals surface area (Å²) >= 11 is 3.42. The molecule has 0 amide bonds. The molecular weight excluding hydrogens is 272 g/mol. The minimum absolute atomic E-state index is 0.0504. The van der Waals surface area contributed by atoms with Crippen molar-refractivity contribution in [2.24, 2.45) is 0 Å². The molecule has 1 atom stereocenters. The van der Waals surface area contributed by atoms with Gasteiger partial charge in [-0.15, -0.1) is 0 Å². The van der Waals surface area contributed by atoms with E-state index in [0.717, 1.165) is 10.9 Å². The van der Waals surface area contributed by atoms with Gasteiger partial charge in [0.15, 0.2) is 0 Å². The van der Waals surface area contributed by atoms with Crippen LogP contribution in [0.3, 0.4) is 0 Å². The number of aliphatic hydroxyl groups is 1. The van der Waals surface area contributed by atoms with Crippen LogP contribution in [0.15, 0.2) is 10.8 Å². The van der Waals surface area contributed by atoms with Gasteiger partial charge in [0.05, 0.1) is 12.1 Å². The third kappa shape index (κ3) is 2.82. The molecule has 1 aromatic heterocycles. The fourth-order valence-corrected chi connectivity index (χ4v) is 1.66. The lowest BCUT2D eigenvalue weighted by atomic mass is 10.0. The molecular formula is C10H17BrN4O. The zero-order valence-electron chi connectivity index (χ0n) is 9.71. The molecule has 0 spiro atoms. The van der Waals surface area contributed by atoms with Crippen LogP contribution in [0.1, 0.15) is 20.3 Å². The second kappa shape index (κ2) is 5.45. The highest BCUT2D eigenvalue weighted by Crippen LogP contribution is 2.28. The summed E-state index contributed by atoms with van der Waals surface area (Å²) in [4.78, 5) is 8.22. The van der Waals surface area contributed by atoms with Crippen molar-refractivity contribution in [3.05, 3.63) is 10.8 Å². The van der Waals surface area contributed by atoms with Gasteiger partial charge in [-0.25, -0.2) is 9.97 Å². The zero-order valence-corrected chi connectivity index (χ0v) is 11.3. The SMILES string of the molecule is CCC(C)(CO)Nc1ncnc(NC)c1Br. The normalized spacial score (nSPS) is 14.3. The quantitative estimate of drug-likeness (QED) is 0.772. The molecule has 90 valence electrons. The fourth-order valence-electron chi connectivity index (χ4n) is 1.16. The molecule has 0 aliphatic rings. The van der Waals surface area contributed by atoms with Crippen LogP contribution in [0.2, 0.25) is 0 Å². The molecule has 5 nitrogen and oxygen atoms in total. The van der Waals surface area contributed by atoms with Crippen LogP contribution < -0.4 is 10.6 Å². The Morgan fingerprint density at radius 3 is 2.56 bits per heavy atom. The minimum atomic E-state index is -0.373. The van der Waals surface area contributed by atoms with Gasteiger partial charge in [0, 0.05) is 7.05 Å². The highest BCUT2D eigenvalue weighted by atomic mass is 79.9. The largest absolute Gasteiger partial charge is 0.394 e. The van der Waals surface area contributed by atoms with E-state index < -0.39 is 0 Å². The first-order valence-electron chi connectivity index (χ1n) is 5.13. The summed E-state index contributed by atoms with van der Waals surface area (Å²) in [7, 11) is 1.79. The Bertz CT molecular complexity index is 355. The number of anilines is 2. The molecule has 0 aliphatic carbocycles. The summed E-state index contributed by atoms with van der Waals surface area (Å²) in [6.07, 6.45) is 2.28. The maximum atomic E-state index is 9.33. The Kier molecular flexibility index (Phi) is 4.49. The van der Waals surface area contributed by atoms with E-state index in [1.165, 1.54) is 6.33 Å². The lowest BCUT2D eigenvalue weighted by molar-refractivity contribution is 0.218. The predicted octanol–water partition coefficient (Wildman–Crippen LogP) is 1.85. The fraction of sp³-hybridized carbons (Fsp3) is 0.600. The van der Waals surface area contributed by atoms with Crippen molar-refractivity contribution in [3.63, 3.8) is 0 Å². The molecule has 1 heterocycles. The van der Waals surface area contributed by atoms with E-state index in [1.54, 1.807) is 7.05 Å². The van der Waals surface area contributed by atoms with E-state index in [2.05, 4.69) is 36.5 Å². The monoisotopic (exact) mass is 288 g/mol. The molecule has 0 aromatic carbocycles. The van der Waals surface area contributed by atoms with Gasteiger partial charge in [-0.2, -0.15) is 0 Å². The van der Waals surface area contributed by atoms with Crippen molar-refractivity contribution in [2.75, 3.05) is 24.3 Å². The van der Waals surface area contributed by atoms with Gasteiger partial charge in [-0.1, -0.05) is 6.92 Å². The standard InChI is InChI=1S/C10H17BrN4O/c1-4-10(2,5-16)15-9-7(11)8(12-3)13-6-14-9/h6,16H,4-5H2,1-3H3,(H2,12,13,14,15). The Labute approximate surface area is 104 Å². The summed E-state index contributed by atoms with van der Waals surface area (Å²) in [5.41, 5.74) is -0.373. The molecule has 1 rings (SSSR count). The number of halogens is 1. The average molecular weight is 289 g/mol. The highest BCUT2D eigenvalue weighted by Gasteiger charge is 2.22. The Morgan fingerprint density at radius 2 is 2.06 bits per heavy atom. The van der Waals surface area contributed by atoms with Gasteiger partial charge in [-0.05, 0) is 29.3 Å². The number of hydrogen-bond acceptors (Lipinski definition) is 5. The number of rotatable bonds is 5. The molecule has 0 saturated carbocycles. The molecule has 1 aromatic rings. The van der Waals surface area contributed by atoms with Gasteiger partial charge < -0.3 is 15.7 Å². The number of aliphatic hydroxyl groups excluding tert-OH is 1. The zero-order chi connectivity index (χ0) is 12.2. The Balaban J connectivity index is 2.97.